The van der Waals surface area contributed by atoms with Crippen LogP contribution in [0.5, 0.6) is 0 Å². The van der Waals surface area contributed by atoms with Crippen LogP contribution in [0.4, 0.5) is 0 Å². The van der Waals surface area contributed by atoms with Crippen molar-refractivity contribution in [1.82, 2.24) is 4.90 Å². The highest BCUT2D eigenvalue weighted by Gasteiger charge is 2.29. The van der Waals surface area contributed by atoms with Gasteiger partial charge in [-0.05, 0) is 25.2 Å². The molecule has 1 saturated heterocycles. The van der Waals surface area contributed by atoms with Crippen molar-refractivity contribution < 1.29 is 18.3 Å². The van der Waals surface area contributed by atoms with Crippen molar-refractivity contribution in [2.75, 3.05) is 31.7 Å². The van der Waals surface area contributed by atoms with Crippen molar-refractivity contribution >= 4 is 15.7 Å². The summed E-state index contributed by atoms with van der Waals surface area (Å²) in [6, 6.07) is -0.743. The summed E-state index contributed by atoms with van der Waals surface area (Å²) in [4.78, 5) is 13.6. The molecule has 1 aliphatic rings. The molecule has 7 heteroatoms. The average Bonchev–Trinajstić information content (AvgIpc) is 2.73. The zero-order chi connectivity index (χ0) is 13.8. The third-order valence-corrected chi connectivity index (χ3v) is 4.23. The van der Waals surface area contributed by atoms with Crippen molar-refractivity contribution in [1.29, 1.82) is 0 Å². The summed E-state index contributed by atoms with van der Waals surface area (Å²) < 4.78 is 22.0. The highest BCUT2D eigenvalue weighted by Crippen LogP contribution is 2.19. The Morgan fingerprint density at radius 1 is 1.56 bits per heavy atom. The summed E-state index contributed by atoms with van der Waals surface area (Å²) in [6.07, 6.45) is 2.88. The van der Waals surface area contributed by atoms with Crippen molar-refractivity contribution in [2.24, 2.45) is 11.7 Å². The fraction of sp³-hybridized carbons (Fsp3) is 0.909. The number of rotatable bonds is 6. The van der Waals surface area contributed by atoms with Crippen molar-refractivity contribution in [2.45, 2.75) is 25.3 Å². The van der Waals surface area contributed by atoms with Gasteiger partial charge in [0.2, 0.25) is 5.91 Å². The summed E-state index contributed by atoms with van der Waals surface area (Å²) in [6.45, 7) is 1.40. The third-order valence-electron chi connectivity index (χ3n) is 3.25. The SMILES string of the molecule is CS(=O)(=O)CCC(N)C(=O)N1CCC(CCO)C1. The van der Waals surface area contributed by atoms with Crippen molar-refractivity contribution in [3.63, 3.8) is 0 Å². The van der Waals surface area contributed by atoms with E-state index in [1.807, 2.05) is 0 Å². The van der Waals surface area contributed by atoms with Crippen LogP contribution in [0.2, 0.25) is 0 Å². The highest BCUT2D eigenvalue weighted by atomic mass is 32.2. The second-order valence-corrected chi connectivity index (χ2v) is 7.24. The van der Waals surface area contributed by atoms with Gasteiger partial charge in [0, 0.05) is 26.0 Å². The van der Waals surface area contributed by atoms with Crippen molar-refractivity contribution in [3.8, 4) is 0 Å². The first-order chi connectivity index (χ1) is 8.33. The van der Waals surface area contributed by atoms with E-state index >= 15 is 0 Å². The van der Waals surface area contributed by atoms with Gasteiger partial charge in [-0.2, -0.15) is 0 Å². The maximum Gasteiger partial charge on any atom is 0.239 e. The molecule has 0 aromatic heterocycles. The van der Waals surface area contributed by atoms with Gasteiger partial charge in [-0.25, -0.2) is 8.42 Å². The van der Waals surface area contributed by atoms with E-state index in [0.29, 0.717) is 25.4 Å². The van der Waals surface area contributed by atoms with Gasteiger partial charge in [0.1, 0.15) is 9.84 Å². The van der Waals surface area contributed by atoms with Crippen molar-refractivity contribution in [3.05, 3.63) is 0 Å². The van der Waals surface area contributed by atoms with E-state index in [4.69, 9.17) is 10.8 Å². The van der Waals surface area contributed by atoms with Gasteiger partial charge in [0.25, 0.3) is 0 Å². The third kappa shape index (κ3) is 4.91. The van der Waals surface area contributed by atoms with E-state index in [9.17, 15) is 13.2 Å². The van der Waals surface area contributed by atoms with Gasteiger partial charge in [-0.3, -0.25) is 4.79 Å². The van der Waals surface area contributed by atoms with Gasteiger partial charge in [0.05, 0.1) is 11.8 Å². The van der Waals surface area contributed by atoms with E-state index in [0.717, 1.165) is 12.7 Å². The molecule has 1 amide bonds. The molecular formula is C11H22N2O4S. The zero-order valence-electron chi connectivity index (χ0n) is 10.7. The lowest BCUT2D eigenvalue weighted by Crippen LogP contribution is -2.43. The molecule has 3 N–H and O–H groups in total. The maximum atomic E-state index is 12.0. The van der Waals surface area contributed by atoms with Gasteiger partial charge in [-0.1, -0.05) is 0 Å². The maximum absolute atomic E-state index is 12.0. The Hall–Kier alpha value is -0.660. The molecule has 1 rings (SSSR count). The molecule has 106 valence electrons. The van der Waals surface area contributed by atoms with E-state index in [2.05, 4.69) is 0 Å². The van der Waals surface area contributed by atoms with Crippen LogP contribution >= 0.6 is 0 Å². The topological polar surface area (TPSA) is 101 Å². The monoisotopic (exact) mass is 278 g/mol. The standard InChI is InChI=1S/C11H22N2O4S/c1-18(16,17)7-4-10(12)11(15)13-5-2-9(8-13)3-6-14/h9-10,14H,2-8,12H2,1H3. The molecule has 0 aliphatic carbocycles. The van der Waals surface area contributed by atoms with Gasteiger partial charge in [-0.15, -0.1) is 0 Å². The largest absolute Gasteiger partial charge is 0.396 e. The molecule has 2 atom stereocenters. The Kier molecular flexibility index (Phi) is 5.55. The Morgan fingerprint density at radius 2 is 2.22 bits per heavy atom. The second-order valence-electron chi connectivity index (χ2n) is 4.98. The minimum absolute atomic E-state index is 0.0617. The Labute approximate surface area is 108 Å². The minimum atomic E-state index is -3.08. The molecule has 0 aromatic rings. The number of nitrogens with zero attached hydrogens (tertiary/aromatic N) is 1. The second kappa shape index (κ2) is 6.49. The molecule has 0 bridgehead atoms. The molecule has 6 nitrogen and oxygen atoms in total. The lowest BCUT2D eigenvalue weighted by atomic mass is 10.1. The smallest absolute Gasteiger partial charge is 0.239 e. The Bertz CT molecular complexity index is 383. The fourth-order valence-electron chi connectivity index (χ4n) is 2.15. The number of amides is 1. The first-order valence-corrected chi connectivity index (χ1v) is 8.22. The Morgan fingerprint density at radius 3 is 2.78 bits per heavy atom. The first kappa shape index (κ1) is 15.4. The molecule has 2 unspecified atom stereocenters. The van der Waals surface area contributed by atoms with Crippen LogP contribution in [0.3, 0.4) is 0 Å². The number of hydrogen-bond acceptors (Lipinski definition) is 5. The zero-order valence-corrected chi connectivity index (χ0v) is 11.5. The van der Waals surface area contributed by atoms with E-state index in [1.165, 1.54) is 0 Å². The highest BCUT2D eigenvalue weighted by molar-refractivity contribution is 7.90. The van der Waals surface area contributed by atoms with Crippen LogP contribution in [-0.4, -0.2) is 62.1 Å². The number of likely N-dealkylation sites (tertiary alicyclic amines) is 1. The average molecular weight is 278 g/mol. The molecule has 1 fully saturated rings. The van der Waals surface area contributed by atoms with Crippen LogP contribution in [-0.2, 0) is 14.6 Å². The number of hydrogen-bond donors (Lipinski definition) is 2. The minimum Gasteiger partial charge on any atom is -0.396 e. The normalized spacial score (nSPS) is 22.2. The molecule has 0 saturated carbocycles. The summed E-state index contributed by atoms with van der Waals surface area (Å²) in [5.41, 5.74) is 5.72. The lowest BCUT2D eigenvalue weighted by Gasteiger charge is -2.20. The van der Waals surface area contributed by atoms with Crippen LogP contribution in [0.1, 0.15) is 19.3 Å². The number of carbonyl (C=O) groups excluding carboxylic acids is 1. The van der Waals surface area contributed by atoms with Crippen LogP contribution in [0.15, 0.2) is 0 Å². The lowest BCUT2D eigenvalue weighted by molar-refractivity contribution is -0.131. The van der Waals surface area contributed by atoms with Crippen LogP contribution < -0.4 is 5.73 Å². The van der Waals surface area contributed by atoms with Crippen LogP contribution in [0.25, 0.3) is 0 Å². The summed E-state index contributed by atoms with van der Waals surface area (Å²) >= 11 is 0. The molecule has 18 heavy (non-hydrogen) atoms. The number of sulfone groups is 1. The molecule has 1 heterocycles. The summed E-state index contributed by atoms with van der Waals surface area (Å²) in [7, 11) is -3.08. The number of aliphatic hydroxyl groups excluding tert-OH is 1. The van der Waals surface area contributed by atoms with E-state index in [-0.39, 0.29) is 24.7 Å². The first-order valence-electron chi connectivity index (χ1n) is 6.16. The van der Waals surface area contributed by atoms with Crippen LogP contribution in [0, 0.1) is 5.92 Å². The quantitative estimate of drug-likeness (QED) is 0.647. The molecule has 0 spiro atoms. The molecule has 0 radical (unpaired) electrons. The summed E-state index contributed by atoms with van der Waals surface area (Å²) in [5.74, 6) is 0.0912. The predicted molar refractivity (Wildman–Crippen MR) is 68.7 cm³/mol. The fourth-order valence-corrected chi connectivity index (χ4v) is 2.83. The molecule has 0 aromatic carbocycles. The molecular weight excluding hydrogens is 256 g/mol. The predicted octanol–water partition coefficient (Wildman–Crippen LogP) is -1.02. The van der Waals surface area contributed by atoms with E-state index in [1.54, 1.807) is 4.90 Å². The summed E-state index contributed by atoms with van der Waals surface area (Å²) in [5, 5.41) is 8.84. The number of carbonyl (C=O) groups is 1. The number of nitrogens with two attached hydrogens (primary N) is 1. The number of aliphatic hydroxyl groups is 1. The molecule has 1 aliphatic heterocycles. The Balaban J connectivity index is 2.40. The van der Waals surface area contributed by atoms with Gasteiger partial charge < -0.3 is 15.7 Å². The van der Waals surface area contributed by atoms with E-state index < -0.39 is 15.9 Å². The van der Waals surface area contributed by atoms with Gasteiger partial charge >= 0.3 is 0 Å². The van der Waals surface area contributed by atoms with Gasteiger partial charge in [0.15, 0.2) is 0 Å².